The number of rotatable bonds is 8. The molecule has 2 aromatic rings. The topological polar surface area (TPSA) is 81.1 Å². The summed E-state index contributed by atoms with van der Waals surface area (Å²) in [5.41, 5.74) is 7.49. The third kappa shape index (κ3) is 4.56. The Bertz CT molecular complexity index is 670. The molecule has 0 saturated heterocycles. The van der Waals surface area contributed by atoms with Gasteiger partial charge in [-0.2, -0.15) is 0 Å². The van der Waals surface area contributed by atoms with Crippen LogP contribution >= 0.6 is 11.6 Å². The molecule has 124 valence electrons. The fourth-order valence-corrected chi connectivity index (χ4v) is 2.65. The van der Waals surface area contributed by atoms with Crippen molar-refractivity contribution in [3.05, 3.63) is 52.6 Å². The molecule has 3 N–H and O–H groups in total. The Balaban J connectivity index is 2.30. The van der Waals surface area contributed by atoms with E-state index < -0.39 is 12.0 Å². The first kappa shape index (κ1) is 17.5. The summed E-state index contributed by atoms with van der Waals surface area (Å²) in [5, 5.41) is 9.73. The zero-order valence-corrected chi connectivity index (χ0v) is 14.0. The van der Waals surface area contributed by atoms with Crippen LogP contribution in [-0.4, -0.2) is 26.7 Å². The molecular formula is C17H22ClN3O2. The molecule has 0 saturated carbocycles. The van der Waals surface area contributed by atoms with Crippen LogP contribution in [0.3, 0.4) is 0 Å². The van der Waals surface area contributed by atoms with Crippen molar-refractivity contribution in [2.24, 2.45) is 5.73 Å². The minimum atomic E-state index is -1.01. The minimum absolute atomic E-state index is 0.249. The summed E-state index contributed by atoms with van der Waals surface area (Å²) in [6, 6.07) is 6.70. The lowest BCUT2D eigenvalue weighted by molar-refractivity contribution is -0.138. The molecule has 0 fully saturated rings. The largest absolute Gasteiger partial charge is 0.480 e. The summed E-state index contributed by atoms with van der Waals surface area (Å²) in [6.45, 7) is 2.70. The predicted molar refractivity (Wildman–Crippen MR) is 90.7 cm³/mol. The number of nitrogens with two attached hydrogens (primary N) is 1. The fraction of sp³-hybridized carbons (Fsp3) is 0.412. The van der Waals surface area contributed by atoms with Crippen LogP contribution in [0.15, 0.2) is 30.5 Å². The molecule has 1 aromatic carbocycles. The maximum atomic E-state index is 11.0. The van der Waals surface area contributed by atoms with E-state index in [0.29, 0.717) is 11.6 Å². The van der Waals surface area contributed by atoms with Gasteiger partial charge in [0.2, 0.25) is 0 Å². The average molecular weight is 336 g/mol. The highest BCUT2D eigenvalue weighted by Gasteiger charge is 2.18. The van der Waals surface area contributed by atoms with Crippen LogP contribution in [0.4, 0.5) is 0 Å². The Kier molecular flexibility index (Phi) is 6.19. The number of aryl methyl sites for hydroxylation is 1. The van der Waals surface area contributed by atoms with Crippen molar-refractivity contribution in [2.75, 3.05) is 0 Å². The van der Waals surface area contributed by atoms with Crippen molar-refractivity contribution in [2.45, 2.75) is 45.2 Å². The second-order valence-corrected chi connectivity index (χ2v) is 6.00. The lowest BCUT2D eigenvalue weighted by Gasteiger charge is -2.14. The molecule has 5 nitrogen and oxygen atoms in total. The summed E-state index contributed by atoms with van der Waals surface area (Å²) < 4.78 is 2.04. The van der Waals surface area contributed by atoms with Gasteiger partial charge in [0, 0.05) is 29.8 Å². The highest BCUT2D eigenvalue weighted by Crippen LogP contribution is 2.19. The van der Waals surface area contributed by atoms with Crippen LogP contribution in [0.5, 0.6) is 0 Å². The molecule has 0 spiro atoms. The van der Waals surface area contributed by atoms with Crippen molar-refractivity contribution < 1.29 is 9.90 Å². The van der Waals surface area contributed by atoms with E-state index >= 15 is 0 Å². The van der Waals surface area contributed by atoms with Crippen molar-refractivity contribution in [3.8, 4) is 0 Å². The molecule has 1 atom stereocenters. The molecule has 0 aliphatic rings. The fourth-order valence-electron chi connectivity index (χ4n) is 2.45. The smallest absolute Gasteiger partial charge is 0.320 e. The number of hydrogen-bond acceptors (Lipinski definition) is 3. The van der Waals surface area contributed by atoms with Crippen LogP contribution in [-0.2, 0) is 24.2 Å². The summed E-state index contributed by atoms with van der Waals surface area (Å²) in [5.74, 6) is -0.0649. The van der Waals surface area contributed by atoms with E-state index in [0.717, 1.165) is 36.3 Å². The van der Waals surface area contributed by atoms with Crippen LogP contribution in [0.2, 0.25) is 5.02 Å². The van der Waals surface area contributed by atoms with Gasteiger partial charge < -0.3 is 15.4 Å². The maximum Gasteiger partial charge on any atom is 0.320 e. The predicted octanol–water partition coefficient (Wildman–Crippen LogP) is 2.88. The highest BCUT2D eigenvalue weighted by molar-refractivity contribution is 6.31. The Labute approximate surface area is 141 Å². The van der Waals surface area contributed by atoms with Crippen molar-refractivity contribution in [3.63, 3.8) is 0 Å². The molecule has 0 radical (unpaired) electrons. The molecule has 0 aliphatic heterocycles. The van der Waals surface area contributed by atoms with Crippen molar-refractivity contribution in [1.29, 1.82) is 0 Å². The van der Waals surface area contributed by atoms with Gasteiger partial charge in [0.1, 0.15) is 11.9 Å². The SMILES string of the molecule is CCCCc1ncc(CC(N)C(=O)O)n1Cc1ccccc1Cl. The normalized spacial score (nSPS) is 12.3. The highest BCUT2D eigenvalue weighted by atomic mass is 35.5. The Hall–Kier alpha value is -1.85. The van der Waals surface area contributed by atoms with Gasteiger partial charge >= 0.3 is 5.97 Å². The number of unbranched alkanes of at least 4 members (excludes halogenated alkanes) is 1. The van der Waals surface area contributed by atoms with Crippen molar-refractivity contribution >= 4 is 17.6 Å². The second-order valence-electron chi connectivity index (χ2n) is 5.60. The zero-order chi connectivity index (χ0) is 16.8. The molecule has 0 bridgehead atoms. The van der Waals surface area contributed by atoms with Gasteiger partial charge in [0.05, 0.1) is 6.54 Å². The minimum Gasteiger partial charge on any atom is -0.480 e. The van der Waals surface area contributed by atoms with Crippen LogP contribution in [0, 0.1) is 0 Å². The summed E-state index contributed by atoms with van der Waals surface area (Å²) in [4.78, 5) is 15.5. The van der Waals surface area contributed by atoms with Gasteiger partial charge in [0.15, 0.2) is 0 Å². The van der Waals surface area contributed by atoms with Crippen molar-refractivity contribution in [1.82, 2.24) is 9.55 Å². The Morgan fingerprint density at radius 1 is 1.43 bits per heavy atom. The molecule has 2 rings (SSSR count). The number of hydrogen-bond donors (Lipinski definition) is 2. The first-order valence-corrected chi connectivity index (χ1v) is 8.15. The summed E-state index contributed by atoms with van der Waals surface area (Å²) in [7, 11) is 0. The molecule has 0 aliphatic carbocycles. The molecule has 1 heterocycles. The molecule has 23 heavy (non-hydrogen) atoms. The van der Waals surface area contributed by atoms with E-state index in [1.54, 1.807) is 6.20 Å². The van der Waals surface area contributed by atoms with E-state index in [4.69, 9.17) is 22.4 Å². The first-order valence-electron chi connectivity index (χ1n) is 7.78. The molecule has 1 aromatic heterocycles. The lowest BCUT2D eigenvalue weighted by Crippen LogP contribution is -2.33. The number of carboxylic acid groups (broad SMARTS) is 1. The number of halogens is 1. The standard InChI is InChI=1S/C17H22ClN3O2/c1-2-3-8-16-20-10-13(9-15(19)17(22)23)21(16)11-12-6-4-5-7-14(12)18/h4-7,10,15H,2-3,8-9,11,19H2,1H3,(H,22,23). The quantitative estimate of drug-likeness (QED) is 0.777. The molecular weight excluding hydrogens is 314 g/mol. The monoisotopic (exact) mass is 335 g/mol. The third-order valence-corrected chi connectivity index (χ3v) is 4.18. The number of nitrogens with zero attached hydrogens (tertiary/aromatic N) is 2. The first-order chi connectivity index (χ1) is 11.0. The number of carbonyl (C=O) groups is 1. The van der Waals surface area contributed by atoms with E-state index in [9.17, 15) is 4.79 Å². The van der Waals surface area contributed by atoms with Gasteiger partial charge in [-0.15, -0.1) is 0 Å². The van der Waals surface area contributed by atoms with E-state index in [2.05, 4.69) is 11.9 Å². The van der Waals surface area contributed by atoms with Crippen LogP contribution in [0.1, 0.15) is 36.8 Å². The molecule has 6 heteroatoms. The van der Waals surface area contributed by atoms with Gasteiger partial charge in [0.25, 0.3) is 0 Å². The van der Waals surface area contributed by atoms with Gasteiger partial charge in [-0.25, -0.2) is 4.98 Å². The number of aliphatic carboxylic acids is 1. The van der Waals surface area contributed by atoms with Crippen LogP contribution < -0.4 is 5.73 Å². The van der Waals surface area contributed by atoms with Gasteiger partial charge in [-0.05, 0) is 18.1 Å². The number of aromatic nitrogens is 2. The zero-order valence-electron chi connectivity index (χ0n) is 13.2. The number of imidazole rings is 1. The molecule has 0 amide bonds. The van der Waals surface area contributed by atoms with E-state index in [1.807, 2.05) is 28.8 Å². The second kappa shape index (κ2) is 8.13. The Morgan fingerprint density at radius 3 is 2.83 bits per heavy atom. The average Bonchev–Trinajstić information content (AvgIpc) is 2.89. The molecule has 1 unspecified atom stereocenters. The number of carboxylic acids is 1. The van der Waals surface area contributed by atoms with E-state index in [-0.39, 0.29) is 6.42 Å². The maximum absolute atomic E-state index is 11.0. The lowest BCUT2D eigenvalue weighted by atomic mass is 10.1. The number of benzene rings is 1. The van der Waals surface area contributed by atoms with Gasteiger partial charge in [-0.1, -0.05) is 43.1 Å². The van der Waals surface area contributed by atoms with Gasteiger partial charge in [-0.3, -0.25) is 4.79 Å². The summed E-state index contributed by atoms with van der Waals surface area (Å²) >= 11 is 6.25. The summed E-state index contributed by atoms with van der Waals surface area (Å²) in [6.07, 6.45) is 4.93. The van der Waals surface area contributed by atoms with Crippen LogP contribution in [0.25, 0.3) is 0 Å². The Morgan fingerprint density at radius 2 is 2.17 bits per heavy atom. The van der Waals surface area contributed by atoms with E-state index in [1.165, 1.54) is 0 Å². The third-order valence-electron chi connectivity index (χ3n) is 3.81.